The summed E-state index contributed by atoms with van der Waals surface area (Å²) in [6.45, 7) is 7.53. The van der Waals surface area contributed by atoms with Crippen molar-refractivity contribution >= 4 is 11.8 Å². The van der Waals surface area contributed by atoms with Gasteiger partial charge in [-0.3, -0.25) is 9.59 Å². The largest absolute Gasteiger partial charge is 0.347 e. The lowest BCUT2D eigenvalue weighted by molar-refractivity contribution is -0.149. The van der Waals surface area contributed by atoms with Gasteiger partial charge in [0.15, 0.2) is 0 Å². The monoisotopic (exact) mass is 228 g/mol. The van der Waals surface area contributed by atoms with Gasteiger partial charge in [-0.15, -0.1) is 0 Å². The van der Waals surface area contributed by atoms with Gasteiger partial charge < -0.3 is 9.80 Å². The van der Waals surface area contributed by atoms with E-state index in [1.807, 2.05) is 13.8 Å². The van der Waals surface area contributed by atoms with E-state index in [1.54, 1.807) is 35.0 Å². The second-order valence-corrected chi connectivity index (χ2v) is 5.31. The summed E-state index contributed by atoms with van der Waals surface area (Å²) in [7, 11) is 5.09. The SMILES string of the molecule is CC(C)CC(=O)N(C)C(C)(C)C(=O)N(C)C. The summed E-state index contributed by atoms with van der Waals surface area (Å²) in [4.78, 5) is 26.9. The maximum atomic E-state index is 11.9. The molecule has 0 saturated heterocycles. The molecule has 94 valence electrons. The molecule has 4 heteroatoms. The Morgan fingerprint density at radius 3 is 1.88 bits per heavy atom. The van der Waals surface area contributed by atoms with Crippen LogP contribution in [0.1, 0.15) is 34.1 Å². The van der Waals surface area contributed by atoms with E-state index in [-0.39, 0.29) is 11.8 Å². The lowest BCUT2D eigenvalue weighted by Gasteiger charge is -2.36. The van der Waals surface area contributed by atoms with Gasteiger partial charge in [-0.05, 0) is 19.8 Å². The second kappa shape index (κ2) is 5.32. The highest BCUT2D eigenvalue weighted by molar-refractivity contribution is 5.90. The van der Waals surface area contributed by atoms with Crippen molar-refractivity contribution in [3.63, 3.8) is 0 Å². The minimum absolute atomic E-state index is 0.00944. The van der Waals surface area contributed by atoms with Gasteiger partial charge in [-0.1, -0.05) is 13.8 Å². The van der Waals surface area contributed by atoms with Crippen molar-refractivity contribution in [3.8, 4) is 0 Å². The van der Waals surface area contributed by atoms with Crippen LogP contribution in [0.15, 0.2) is 0 Å². The molecule has 0 atom stereocenters. The molecular formula is C12H24N2O2. The number of rotatable bonds is 4. The zero-order valence-electron chi connectivity index (χ0n) is 11.5. The summed E-state index contributed by atoms with van der Waals surface area (Å²) < 4.78 is 0. The maximum Gasteiger partial charge on any atom is 0.247 e. The van der Waals surface area contributed by atoms with E-state index >= 15 is 0 Å². The molecule has 0 radical (unpaired) electrons. The molecule has 0 aromatic carbocycles. The molecule has 0 spiro atoms. The zero-order chi connectivity index (χ0) is 13.1. The van der Waals surface area contributed by atoms with Crippen molar-refractivity contribution in [2.24, 2.45) is 5.92 Å². The standard InChI is InChI=1S/C12H24N2O2/c1-9(2)8-10(15)14(7)12(3,4)11(16)13(5)6/h9H,8H2,1-7H3. The van der Waals surface area contributed by atoms with Gasteiger partial charge in [0, 0.05) is 27.6 Å². The lowest BCUT2D eigenvalue weighted by atomic mass is 10.00. The van der Waals surface area contributed by atoms with E-state index < -0.39 is 5.54 Å². The topological polar surface area (TPSA) is 40.6 Å². The summed E-state index contributed by atoms with van der Waals surface area (Å²) in [6.07, 6.45) is 0.473. The van der Waals surface area contributed by atoms with Gasteiger partial charge in [0.2, 0.25) is 11.8 Å². The molecule has 0 rings (SSSR count). The molecule has 0 aromatic rings. The van der Waals surface area contributed by atoms with Crippen LogP contribution in [0.3, 0.4) is 0 Å². The highest BCUT2D eigenvalue weighted by Crippen LogP contribution is 2.17. The van der Waals surface area contributed by atoms with Gasteiger partial charge in [-0.25, -0.2) is 0 Å². The molecule has 0 unspecified atom stereocenters. The second-order valence-electron chi connectivity index (χ2n) is 5.31. The van der Waals surface area contributed by atoms with E-state index in [0.29, 0.717) is 12.3 Å². The van der Waals surface area contributed by atoms with Gasteiger partial charge >= 0.3 is 0 Å². The van der Waals surface area contributed by atoms with Crippen LogP contribution in [0.25, 0.3) is 0 Å². The van der Waals surface area contributed by atoms with Crippen LogP contribution in [0.4, 0.5) is 0 Å². The fraction of sp³-hybridized carbons (Fsp3) is 0.833. The molecule has 0 aliphatic heterocycles. The van der Waals surface area contributed by atoms with Crippen molar-refractivity contribution in [1.29, 1.82) is 0 Å². The average molecular weight is 228 g/mol. The Balaban J connectivity index is 4.75. The number of carbonyl (C=O) groups excluding carboxylic acids is 2. The fourth-order valence-electron chi connectivity index (χ4n) is 1.49. The molecule has 0 aromatic heterocycles. The number of nitrogens with zero attached hydrogens (tertiary/aromatic N) is 2. The summed E-state index contributed by atoms with van der Waals surface area (Å²) in [5.41, 5.74) is -0.782. The number of likely N-dealkylation sites (N-methyl/N-ethyl adjacent to an activating group) is 2. The van der Waals surface area contributed by atoms with Gasteiger partial charge in [0.05, 0.1) is 0 Å². The summed E-state index contributed by atoms with van der Waals surface area (Å²) >= 11 is 0. The number of hydrogen-bond donors (Lipinski definition) is 0. The number of amides is 2. The summed E-state index contributed by atoms with van der Waals surface area (Å²) in [6, 6.07) is 0. The summed E-state index contributed by atoms with van der Waals surface area (Å²) in [5, 5.41) is 0. The minimum atomic E-state index is -0.782. The first-order valence-corrected chi connectivity index (χ1v) is 5.59. The average Bonchev–Trinajstić information content (AvgIpc) is 2.13. The van der Waals surface area contributed by atoms with Crippen LogP contribution in [0.5, 0.6) is 0 Å². The highest BCUT2D eigenvalue weighted by Gasteiger charge is 2.36. The van der Waals surface area contributed by atoms with Gasteiger partial charge in [0.1, 0.15) is 5.54 Å². The third-order valence-corrected chi connectivity index (χ3v) is 2.73. The van der Waals surface area contributed by atoms with Crippen molar-refractivity contribution in [2.45, 2.75) is 39.7 Å². The van der Waals surface area contributed by atoms with E-state index in [1.165, 1.54) is 9.80 Å². The highest BCUT2D eigenvalue weighted by atomic mass is 16.2. The van der Waals surface area contributed by atoms with Crippen molar-refractivity contribution < 1.29 is 9.59 Å². The Labute approximate surface area is 98.6 Å². The third-order valence-electron chi connectivity index (χ3n) is 2.73. The normalized spacial score (nSPS) is 11.5. The van der Waals surface area contributed by atoms with Crippen LogP contribution in [0, 0.1) is 5.92 Å². The van der Waals surface area contributed by atoms with E-state index in [9.17, 15) is 9.59 Å². The van der Waals surface area contributed by atoms with E-state index in [2.05, 4.69) is 0 Å². The Hall–Kier alpha value is -1.06. The van der Waals surface area contributed by atoms with E-state index in [4.69, 9.17) is 0 Å². The molecule has 0 fully saturated rings. The molecule has 0 heterocycles. The van der Waals surface area contributed by atoms with Crippen molar-refractivity contribution in [2.75, 3.05) is 21.1 Å². The molecule has 0 N–H and O–H groups in total. The molecule has 0 bridgehead atoms. The van der Waals surface area contributed by atoms with Crippen LogP contribution in [-0.2, 0) is 9.59 Å². The van der Waals surface area contributed by atoms with Gasteiger partial charge in [0.25, 0.3) is 0 Å². The quantitative estimate of drug-likeness (QED) is 0.729. The molecule has 0 aliphatic carbocycles. The molecule has 16 heavy (non-hydrogen) atoms. The Morgan fingerprint density at radius 1 is 1.12 bits per heavy atom. The lowest BCUT2D eigenvalue weighted by Crippen LogP contribution is -2.55. The molecular weight excluding hydrogens is 204 g/mol. The van der Waals surface area contributed by atoms with Gasteiger partial charge in [-0.2, -0.15) is 0 Å². The first-order valence-electron chi connectivity index (χ1n) is 5.59. The van der Waals surface area contributed by atoms with E-state index in [0.717, 1.165) is 0 Å². The molecule has 2 amide bonds. The fourth-order valence-corrected chi connectivity index (χ4v) is 1.49. The van der Waals surface area contributed by atoms with Crippen molar-refractivity contribution in [1.82, 2.24) is 9.80 Å². The third kappa shape index (κ3) is 3.51. The first-order chi connectivity index (χ1) is 7.10. The Bertz CT molecular complexity index is 270. The first kappa shape index (κ1) is 14.9. The summed E-state index contributed by atoms with van der Waals surface area (Å²) in [5.74, 6) is 0.252. The minimum Gasteiger partial charge on any atom is -0.347 e. The Morgan fingerprint density at radius 2 is 1.56 bits per heavy atom. The smallest absolute Gasteiger partial charge is 0.247 e. The Kier molecular flexibility index (Phi) is 4.97. The maximum absolute atomic E-state index is 11.9. The van der Waals surface area contributed by atoms with Crippen LogP contribution in [-0.4, -0.2) is 48.3 Å². The zero-order valence-corrected chi connectivity index (χ0v) is 11.5. The predicted molar refractivity (Wildman–Crippen MR) is 65.0 cm³/mol. The van der Waals surface area contributed by atoms with Crippen LogP contribution >= 0.6 is 0 Å². The molecule has 0 saturated carbocycles. The van der Waals surface area contributed by atoms with Crippen molar-refractivity contribution in [3.05, 3.63) is 0 Å². The van der Waals surface area contributed by atoms with Crippen LogP contribution < -0.4 is 0 Å². The van der Waals surface area contributed by atoms with Crippen LogP contribution in [0.2, 0.25) is 0 Å². The predicted octanol–water partition coefficient (Wildman–Crippen LogP) is 1.36. The molecule has 0 aliphatic rings. The number of carbonyl (C=O) groups is 2. The number of hydrogen-bond acceptors (Lipinski definition) is 2. The molecule has 4 nitrogen and oxygen atoms in total.